The van der Waals surface area contributed by atoms with Crippen molar-refractivity contribution in [2.75, 3.05) is 14.2 Å². The van der Waals surface area contributed by atoms with Crippen LogP contribution >= 0.6 is 15.9 Å². The Bertz CT molecular complexity index is 420. The van der Waals surface area contributed by atoms with Gasteiger partial charge in [0.25, 0.3) is 0 Å². The predicted octanol–water partition coefficient (Wildman–Crippen LogP) is 2.09. The molecule has 0 heterocycles. The second-order valence-electron chi connectivity index (χ2n) is 3.51. The van der Waals surface area contributed by atoms with E-state index >= 15 is 0 Å². The molecule has 1 atom stereocenters. The molecule has 0 amide bonds. The lowest BCUT2D eigenvalue weighted by atomic mass is 9.99. The van der Waals surface area contributed by atoms with E-state index < -0.39 is 0 Å². The number of hydrogen-bond acceptors (Lipinski definition) is 4. The van der Waals surface area contributed by atoms with Crippen LogP contribution < -0.4 is 5.32 Å². The fraction of sp³-hybridized carbons (Fsp3) is 0.333. The Morgan fingerprint density at radius 3 is 2.82 bits per heavy atom. The van der Waals surface area contributed by atoms with Crippen LogP contribution in [0.3, 0.4) is 0 Å². The molecule has 0 spiro atoms. The van der Waals surface area contributed by atoms with E-state index in [1.807, 2.05) is 12.1 Å². The van der Waals surface area contributed by atoms with Crippen LogP contribution in [0.5, 0.6) is 0 Å². The summed E-state index contributed by atoms with van der Waals surface area (Å²) in [4.78, 5) is 22.3. The summed E-state index contributed by atoms with van der Waals surface area (Å²) in [5.41, 5.74) is 1.35. The topological polar surface area (TPSA) is 55.4 Å². The van der Waals surface area contributed by atoms with E-state index in [-0.39, 0.29) is 18.4 Å². The molecule has 92 valence electrons. The number of carbonyl (C=O) groups excluding carboxylic acids is 2. The van der Waals surface area contributed by atoms with Crippen molar-refractivity contribution >= 4 is 28.2 Å². The molecule has 0 aliphatic heterocycles. The molecule has 0 aliphatic carbocycles. The van der Waals surface area contributed by atoms with Gasteiger partial charge in [0.1, 0.15) is 6.29 Å². The smallest absolute Gasteiger partial charge is 0.307 e. The van der Waals surface area contributed by atoms with Gasteiger partial charge in [-0.1, -0.05) is 22.0 Å². The minimum absolute atomic E-state index is 0.190. The number of esters is 1. The maximum absolute atomic E-state index is 11.3. The summed E-state index contributed by atoms with van der Waals surface area (Å²) in [6.45, 7) is 0. The van der Waals surface area contributed by atoms with Crippen molar-refractivity contribution in [1.29, 1.82) is 0 Å². The number of carbonyl (C=O) groups is 2. The predicted molar refractivity (Wildman–Crippen MR) is 68.0 cm³/mol. The van der Waals surface area contributed by atoms with Crippen LogP contribution in [-0.4, -0.2) is 26.4 Å². The summed E-state index contributed by atoms with van der Waals surface area (Å²) in [5, 5.41) is 3.00. The van der Waals surface area contributed by atoms with Gasteiger partial charge in [-0.25, -0.2) is 0 Å². The van der Waals surface area contributed by atoms with Crippen molar-refractivity contribution in [3.63, 3.8) is 0 Å². The SMILES string of the molecule is CNC(CC(=O)OC)c1ccc(Br)cc1C=O. The van der Waals surface area contributed by atoms with E-state index in [1.165, 1.54) is 7.11 Å². The van der Waals surface area contributed by atoms with Crippen molar-refractivity contribution in [2.45, 2.75) is 12.5 Å². The lowest BCUT2D eigenvalue weighted by Gasteiger charge is -2.17. The van der Waals surface area contributed by atoms with Gasteiger partial charge in [-0.2, -0.15) is 0 Å². The van der Waals surface area contributed by atoms with Gasteiger partial charge in [-0.3, -0.25) is 9.59 Å². The highest BCUT2D eigenvalue weighted by Gasteiger charge is 2.17. The fourth-order valence-corrected chi connectivity index (χ4v) is 1.96. The number of rotatable bonds is 5. The van der Waals surface area contributed by atoms with Crippen LogP contribution in [0.25, 0.3) is 0 Å². The average Bonchev–Trinajstić information content (AvgIpc) is 2.35. The molecule has 1 N–H and O–H groups in total. The lowest BCUT2D eigenvalue weighted by Crippen LogP contribution is -2.21. The first kappa shape index (κ1) is 13.9. The highest BCUT2D eigenvalue weighted by atomic mass is 79.9. The van der Waals surface area contributed by atoms with Crippen molar-refractivity contribution in [1.82, 2.24) is 5.32 Å². The van der Waals surface area contributed by atoms with Gasteiger partial charge in [0.2, 0.25) is 0 Å². The average molecular weight is 300 g/mol. The molecule has 0 aliphatic rings. The molecule has 5 heteroatoms. The summed E-state index contributed by atoms with van der Waals surface area (Å²) in [7, 11) is 3.08. The summed E-state index contributed by atoms with van der Waals surface area (Å²) < 4.78 is 5.45. The minimum Gasteiger partial charge on any atom is -0.469 e. The summed E-state index contributed by atoms with van der Waals surface area (Å²) in [5.74, 6) is -0.316. The zero-order chi connectivity index (χ0) is 12.8. The summed E-state index contributed by atoms with van der Waals surface area (Å²) >= 11 is 3.30. The molecule has 1 unspecified atom stereocenters. The second-order valence-corrected chi connectivity index (χ2v) is 4.43. The Morgan fingerprint density at radius 1 is 1.59 bits per heavy atom. The van der Waals surface area contributed by atoms with Gasteiger partial charge in [0.05, 0.1) is 13.5 Å². The maximum atomic E-state index is 11.3. The van der Waals surface area contributed by atoms with E-state index in [4.69, 9.17) is 0 Å². The Balaban J connectivity index is 3.02. The Kier molecular flexibility index (Phi) is 5.31. The summed E-state index contributed by atoms with van der Waals surface area (Å²) in [6.07, 6.45) is 0.969. The molecule has 0 saturated carbocycles. The maximum Gasteiger partial charge on any atom is 0.307 e. The van der Waals surface area contributed by atoms with Gasteiger partial charge in [0.15, 0.2) is 0 Å². The minimum atomic E-state index is -0.316. The van der Waals surface area contributed by atoms with Gasteiger partial charge in [-0.05, 0) is 24.7 Å². The highest BCUT2D eigenvalue weighted by molar-refractivity contribution is 9.10. The Morgan fingerprint density at radius 2 is 2.29 bits per heavy atom. The second kappa shape index (κ2) is 6.51. The van der Waals surface area contributed by atoms with Gasteiger partial charge in [-0.15, -0.1) is 0 Å². The highest BCUT2D eigenvalue weighted by Crippen LogP contribution is 2.23. The molecule has 0 fully saturated rings. The monoisotopic (exact) mass is 299 g/mol. The molecule has 4 nitrogen and oxygen atoms in total. The Labute approximate surface area is 108 Å². The van der Waals surface area contributed by atoms with Crippen molar-refractivity contribution in [3.8, 4) is 0 Å². The quantitative estimate of drug-likeness (QED) is 0.668. The van der Waals surface area contributed by atoms with Crippen LogP contribution in [0, 0.1) is 0 Å². The summed E-state index contributed by atoms with van der Waals surface area (Å²) in [6, 6.07) is 5.15. The molecule has 0 radical (unpaired) electrons. The van der Waals surface area contributed by atoms with Crippen LogP contribution in [0.1, 0.15) is 28.4 Å². The van der Waals surface area contributed by atoms with Crippen molar-refractivity contribution in [3.05, 3.63) is 33.8 Å². The number of methoxy groups -OCH3 is 1. The van der Waals surface area contributed by atoms with Gasteiger partial charge >= 0.3 is 5.97 Å². The zero-order valence-electron chi connectivity index (χ0n) is 9.70. The molecule has 17 heavy (non-hydrogen) atoms. The van der Waals surface area contributed by atoms with E-state index in [9.17, 15) is 9.59 Å². The van der Waals surface area contributed by atoms with Crippen molar-refractivity contribution in [2.24, 2.45) is 0 Å². The van der Waals surface area contributed by atoms with E-state index in [0.29, 0.717) is 5.56 Å². The third-order valence-electron chi connectivity index (χ3n) is 2.50. The van der Waals surface area contributed by atoms with Crippen LogP contribution in [-0.2, 0) is 9.53 Å². The first-order valence-electron chi connectivity index (χ1n) is 5.11. The lowest BCUT2D eigenvalue weighted by molar-refractivity contribution is -0.141. The fourth-order valence-electron chi connectivity index (χ4n) is 1.58. The molecule has 0 bridgehead atoms. The molecular weight excluding hydrogens is 286 g/mol. The first-order valence-corrected chi connectivity index (χ1v) is 5.90. The van der Waals surface area contributed by atoms with Crippen LogP contribution in [0.4, 0.5) is 0 Å². The normalized spacial score (nSPS) is 11.9. The standard InChI is InChI=1S/C12H14BrNO3/c1-14-11(6-12(16)17-2)10-4-3-9(13)5-8(10)7-15/h3-5,7,11,14H,6H2,1-2H3. The van der Waals surface area contributed by atoms with Crippen LogP contribution in [0.2, 0.25) is 0 Å². The van der Waals surface area contributed by atoms with E-state index in [0.717, 1.165) is 16.3 Å². The number of hydrogen-bond donors (Lipinski definition) is 1. The van der Waals surface area contributed by atoms with E-state index in [2.05, 4.69) is 26.0 Å². The van der Waals surface area contributed by atoms with Gasteiger partial charge in [0, 0.05) is 16.1 Å². The molecule has 0 saturated heterocycles. The molecular formula is C12H14BrNO3. The largest absolute Gasteiger partial charge is 0.469 e. The third-order valence-corrected chi connectivity index (χ3v) is 2.99. The molecule has 1 aromatic rings. The first-order chi connectivity index (χ1) is 8.12. The number of nitrogens with one attached hydrogen (secondary N) is 1. The van der Waals surface area contributed by atoms with Crippen LogP contribution in [0.15, 0.2) is 22.7 Å². The van der Waals surface area contributed by atoms with Gasteiger partial charge < -0.3 is 10.1 Å². The van der Waals surface area contributed by atoms with Crippen molar-refractivity contribution < 1.29 is 14.3 Å². The number of aldehydes is 1. The zero-order valence-corrected chi connectivity index (χ0v) is 11.3. The third kappa shape index (κ3) is 3.64. The molecule has 1 aromatic carbocycles. The number of benzene rings is 1. The van der Waals surface area contributed by atoms with E-state index in [1.54, 1.807) is 13.1 Å². The number of ether oxygens (including phenoxy) is 1. The Hall–Kier alpha value is -1.20. The molecule has 1 rings (SSSR count). The molecule has 0 aromatic heterocycles. The number of halogens is 1.